The molecule has 2 aromatic carbocycles. The summed E-state index contributed by atoms with van der Waals surface area (Å²) in [6.07, 6.45) is 1.48. The molecular formula is C17H16ClN3O4. The van der Waals surface area contributed by atoms with Gasteiger partial charge in [-0.15, -0.1) is 0 Å². The molecule has 1 N–H and O–H groups in total. The quantitative estimate of drug-likeness (QED) is 0.824. The first kappa shape index (κ1) is 16.8. The van der Waals surface area contributed by atoms with Crippen molar-refractivity contribution in [1.29, 1.82) is 0 Å². The molecule has 25 heavy (non-hydrogen) atoms. The Balaban J connectivity index is 1.70. The number of hydrogen-bond acceptors (Lipinski definition) is 7. The van der Waals surface area contributed by atoms with Crippen LogP contribution in [0.3, 0.4) is 0 Å². The van der Waals surface area contributed by atoms with Crippen LogP contribution in [-0.2, 0) is 0 Å². The maximum atomic E-state index is 6.00. The van der Waals surface area contributed by atoms with Crippen molar-refractivity contribution in [3.63, 3.8) is 0 Å². The number of hydrazine groups is 1. The largest absolute Gasteiger partial charge is 0.497 e. The third kappa shape index (κ3) is 4.48. The van der Waals surface area contributed by atoms with Gasteiger partial charge in [0.2, 0.25) is 5.88 Å². The molecule has 0 fully saturated rings. The summed E-state index contributed by atoms with van der Waals surface area (Å²) in [7, 11) is 3.20. The number of halogens is 1. The molecule has 8 heteroatoms. The second-order valence-corrected chi connectivity index (χ2v) is 5.23. The number of nitrogens with one attached hydrogen (secondary N) is 1. The average molecular weight is 362 g/mol. The van der Waals surface area contributed by atoms with E-state index in [2.05, 4.69) is 10.4 Å². The number of ether oxygens (including phenoxy) is 4. The van der Waals surface area contributed by atoms with Gasteiger partial charge < -0.3 is 18.9 Å². The third-order valence-electron chi connectivity index (χ3n) is 3.19. The van der Waals surface area contributed by atoms with Crippen molar-refractivity contribution in [1.82, 2.24) is 9.95 Å². The highest BCUT2D eigenvalue weighted by molar-refractivity contribution is 6.14. The van der Waals surface area contributed by atoms with E-state index in [9.17, 15) is 0 Å². The first-order valence-corrected chi connectivity index (χ1v) is 7.66. The standard InChI is InChI=1S/C17H16ClN3O4/c1-22-12-3-7-14(8-4-12)24-16-11-21(18)20-17(19-16)25-15-9-5-13(23-2)6-10-15/h3-11H,1-2H3,(H,19,20). The summed E-state index contributed by atoms with van der Waals surface area (Å²) >= 11 is 6.00. The van der Waals surface area contributed by atoms with Crippen LogP contribution in [0, 0.1) is 0 Å². The topological polar surface area (TPSA) is 64.6 Å². The van der Waals surface area contributed by atoms with Gasteiger partial charge in [0, 0.05) is 11.8 Å². The first-order valence-electron chi connectivity index (χ1n) is 7.32. The van der Waals surface area contributed by atoms with E-state index in [1.807, 2.05) is 0 Å². The van der Waals surface area contributed by atoms with Crippen LogP contribution in [-0.4, -0.2) is 24.8 Å². The molecule has 0 aliphatic carbocycles. The Hall–Kier alpha value is -3.06. The molecule has 1 heterocycles. The minimum absolute atomic E-state index is 0.172. The monoisotopic (exact) mass is 361 g/mol. The molecular weight excluding hydrogens is 346 g/mol. The molecule has 0 aromatic heterocycles. The van der Waals surface area contributed by atoms with E-state index in [0.29, 0.717) is 11.5 Å². The van der Waals surface area contributed by atoms with Gasteiger partial charge in [-0.2, -0.15) is 9.52 Å². The van der Waals surface area contributed by atoms with Crippen LogP contribution in [0.2, 0.25) is 0 Å². The maximum absolute atomic E-state index is 6.00. The number of amidine groups is 1. The van der Waals surface area contributed by atoms with Gasteiger partial charge in [0.1, 0.15) is 29.2 Å². The molecule has 0 spiro atoms. The molecule has 0 unspecified atom stereocenters. The van der Waals surface area contributed by atoms with Crippen LogP contribution in [0.1, 0.15) is 0 Å². The van der Waals surface area contributed by atoms with Crippen molar-refractivity contribution in [2.24, 2.45) is 4.99 Å². The van der Waals surface area contributed by atoms with E-state index in [4.69, 9.17) is 30.7 Å². The minimum atomic E-state index is 0.172. The van der Waals surface area contributed by atoms with Crippen molar-refractivity contribution < 1.29 is 18.9 Å². The molecule has 0 saturated carbocycles. The van der Waals surface area contributed by atoms with Crippen molar-refractivity contribution >= 4 is 17.8 Å². The number of benzene rings is 2. The summed E-state index contributed by atoms with van der Waals surface area (Å²) in [5, 5.41) is 0. The molecule has 7 nitrogen and oxygen atoms in total. The number of methoxy groups -OCH3 is 2. The molecule has 1 aliphatic heterocycles. The second kappa shape index (κ2) is 7.67. The van der Waals surface area contributed by atoms with Gasteiger partial charge in [0.25, 0.3) is 0 Å². The fourth-order valence-electron chi connectivity index (χ4n) is 1.99. The smallest absolute Gasteiger partial charge is 0.318 e. The van der Waals surface area contributed by atoms with Gasteiger partial charge in [-0.25, -0.2) is 5.43 Å². The molecule has 2 aromatic rings. The van der Waals surface area contributed by atoms with E-state index in [1.165, 1.54) is 10.7 Å². The van der Waals surface area contributed by atoms with Crippen molar-refractivity contribution in [2.45, 2.75) is 0 Å². The van der Waals surface area contributed by atoms with E-state index in [1.54, 1.807) is 62.8 Å². The summed E-state index contributed by atoms with van der Waals surface area (Å²) in [5.41, 5.74) is 2.75. The van der Waals surface area contributed by atoms with Gasteiger partial charge in [0.15, 0.2) is 0 Å². The number of hydrogen-bond donors (Lipinski definition) is 1. The van der Waals surface area contributed by atoms with Gasteiger partial charge >= 0.3 is 6.02 Å². The molecule has 0 bridgehead atoms. The summed E-state index contributed by atoms with van der Waals surface area (Å²) < 4.78 is 22.7. The number of rotatable bonds is 5. The van der Waals surface area contributed by atoms with Gasteiger partial charge in [-0.05, 0) is 48.5 Å². The molecule has 1 aliphatic rings. The summed E-state index contributed by atoms with van der Waals surface area (Å²) in [6, 6.07) is 14.3. The lowest BCUT2D eigenvalue weighted by Gasteiger charge is -2.21. The van der Waals surface area contributed by atoms with Crippen LogP contribution < -0.4 is 24.4 Å². The lowest BCUT2D eigenvalue weighted by Crippen LogP contribution is -2.39. The molecule has 3 rings (SSSR count). The summed E-state index contributed by atoms with van der Waals surface area (Å²) in [4.78, 5) is 4.24. The van der Waals surface area contributed by atoms with Gasteiger partial charge in [0.05, 0.1) is 14.2 Å². The Labute approximate surface area is 150 Å². The van der Waals surface area contributed by atoms with Gasteiger partial charge in [-0.1, -0.05) is 0 Å². The molecule has 130 valence electrons. The lowest BCUT2D eigenvalue weighted by molar-refractivity contribution is 0.359. The zero-order valence-corrected chi connectivity index (χ0v) is 14.4. The van der Waals surface area contributed by atoms with Crippen LogP contribution in [0.4, 0.5) is 0 Å². The third-order valence-corrected chi connectivity index (χ3v) is 3.38. The van der Waals surface area contributed by atoms with Crippen LogP contribution in [0.15, 0.2) is 65.6 Å². The van der Waals surface area contributed by atoms with Crippen LogP contribution in [0.25, 0.3) is 0 Å². The second-order valence-electron chi connectivity index (χ2n) is 4.86. The fourth-order valence-corrected chi connectivity index (χ4v) is 2.15. The van der Waals surface area contributed by atoms with Crippen molar-refractivity contribution in [3.8, 4) is 23.0 Å². The van der Waals surface area contributed by atoms with Gasteiger partial charge in [-0.3, -0.25) is 0 Å². The Morgan fingerprint density at radius 2 is 1.28 bits per heavy atom. The Kier molecular flexibility index (Phi) is 5.15. The molecule has 0 atom stereocenters. The SMILES string of the molecule is COc1ccc(OC2=CN(Cl)NC(Oc3ccc(OC)cc3)=N2)cc1. The Bertz CT molecular complexity index is 775. The predicted octanol–water partition coefficient (Wildman–Crippen LogP) is 3.29. The zero-order valence-electron chi connectivity index (χ0n) is 13.6. The Morgan fingerprint density at radius 1 is 0.800 bits per heavy atom. The van der Waals surface area contributed by atoms with Crippen LogP contribution >= 0.6 is 11.8 Å². The fraction of sp³-hybridized carbons (Fsp3) is 0.118. The molecule has 0 amide bonds. The highest BCUT2D eigenvalue weighted by Gasteiger charge is 2.15. The van der Waals surface area contributed by atoms with Crippen LogP contribution in [0.5, 0.6) is 23.0 Å². The van der Waals surface area contributed by atoms with Crippen molar-refractivity contribution in [3.05, 3.63) is 60.6 Å². The predicted molar refractivity (Wildman–Crippen MR) is 93.6 cm³/mol. The summed E-state index contributed by atoms with van der Waals surface area (Å²) in [6.45, 7) is 0. The molecule has 0 saturated heterocycles. The first-order chi connectivity index (χ1) is 12.2. The average Bonchev–Trinajstić information content (AvgIpc) is 2.62. The number of nitrogens with zero attached hydrogens (tertiary/aromatic N) is 2. The zero-order chi connectivity index (χ0) is 17.6. The lowest BCUT2D eigenvalue weighted by atomic mass is 10.3. The van der Waals surface area contributed by atoms with E-state index in [-0.39, 0.29) is 11.9 Å². The summed E-state index contributed by atoms with van der Waals surface area (Å²) in [5.74, 6) is 2.89. The van der Waals surface area contributed by atoms with E-state index >= 15 is 0 Å². The molecule has 0 radical (unpaired) electrons. The number of aliphatic imine (C=N–C) groups is 1. The Morgan fingerprint density at radius 3 is 1.80 bits per heavy atom. The highest BCUT2D eigenvalue weighted by Crippen LogP contribution is 2.22. The maximum Gasteiger partial charge on any atom is 0.318 e. The highest BCUT2D eigenvalue weighted by atomic mass is 35.5. The van der Waals surface area contributed by atoms with E-state index in [0.717, 1.165) is 11.5 Å². The van der Waals surface area contributed by atoms with E-state index < -0.39 is 0 Å². The normalized spacial score (nSPS) is 13.3. The minimum Gasteiger partial charge on any atom is -0.497 e. The van der Waals surface area contributed by atoms with Crippen molar-refractivity contribution in [2.75, 3.05) is 14.2 Å².